The monoisotopic (exact) mass is 196 g/mol. The van der Waals surface area contributed by atoms with E-state index in [9.17, 15) is 8.78 Å². The van der Waals surface area contributed by atoms with Crippen LogP contribution < -0.4 is 10.2 Å². The first-order valence-corrected chi connectivity index (χ1v) is 4.52. The molecule has 0 saturated carbocycles. The summed E-state index contributed by atoms with van der Waals surface area (Å²) in [4.78, 5) is 0. The van der Waals surface area contributed by atoms with Crippen LogP contribution in [0.25, 0.3) is 0 Å². The maximum Gasteiger partial charge on any atom is 0.190 e. The largest absolute Gasteiger partial charge is 0.488 e. The molecule has 0 aromatic heterocycles. The van der Waals surface area contributed by atoms with Gasteiger partial charge >= 0.3 is 0 Å². The zero-order valence-electron chi connectivity index (χ0n) is 8.02. The van der Waals surface area contributed by atoms with E-state index >= 15 is 0 Å². The van der Waals surface area contributed by atoms with Crippen molar-refractivity contribution in [3.63, 3.8) is 0 Å². The van der Waals surface area contributed by atoms with E-state index in [-0.39, 0.29) is 11.2 Å². The number of halogens is 2. The molecule has 0 aliphatic rings. The summed E-state index contributed by atoms with van der Waals surface area (Å²) in [5.41, 5.74) is 0.0582. The number of hydrogen-bond donors (Lipinski definition) is 0. The minimum atomic E-state index is -0.751. The lowest BCUT2D eigenvalue weighted by Gasteiger charge is -2.08. The van der Waals surface area contributed by atoms with Crippen molar-refractivity contribution in [1.82, 2.24) is 0 Å². The molecule has 2 radical (unpaired) electrons. The quantitative estimate of drug-likeness (QED) is 0.528. The highest BCUT2D eigenvalue weighted by molar-refractivity contribution is 6.32. The predicted molar refractivity (Wildman–Crippen MR) is 52.1 cm³/mol. The van der Waals surface area contributed by atoms with Gasteiger partial charge in [0.25, 0.3) is 0 Å². The first-order chi connectivity index (χ1) is 6.65. The van der Waals surface area contributed by atoms with Crippen molar-refractivity contribution >= 4 is 13.3 Å². The fraction of sp³-hybridized carbons (Fsp3) is 0.400. The first kappa shape index (κ1) is 11.0. The first-order valence-electron chi connectivity index (χ1n) is 4.52. The number of ether oxygens (including phenoxy) is 1. The third kappa shape index (κ3) is 2.72. The molecule has 0 atom stereocenters. The summed E-state index contributed by atoms with van der Waals surface area (Å²) < 4.78 is 31.1. The Labute approximate surface area is 83.5 Å². The molecule has 0 aliphatic carbocycles. The van der Waals surface area contributed by atoms with E-state index in [0.717, 1.165) is 25.0 Å². The summed E-state index contributed by atoms with van der Waals surface area (Å²) in [5, 5.41) is 0. The summed E-state index contributed by atoms with van der Waals surface area (Å²) >= 11 is 0. The molecule has 14 heavy (non-hydrogen) atoms. The maximum atomic E-state index is 13.1. The van der Waals surface area contributed by atoms with Crippen molar-refractivity contribution < 1.29 is 13.5 Å². The second-order valence-electron chi connectivity index (χ2n) is 3.02. The Balaban J connectivity index is 2.75. The van der Waals surface area contributed by atoms with Crippen molar-refractivity contribution in [2.24, 2.45) is 0 Å². The fourth-order valence-electron chi connectivity index (χ4n) is 1.04. The van der Waals surface area contributed by atoms with Crippen LogP contribution in [0.1, 0.15) is 19.8 Å². The van der Waals surface area contributed by atoms with Crippen molar-refractivity contribution in [3.05, 3.63) is 23.8 Å². The second-order valence-corrected chi connectivity index (χ2v) is 3.02. The average molecular weight is 196 g/mol. The molecule has 0 saturated heterocycles. The standard InChI is InChI=1S/C10H11BF2O/c1-2-3-4-14-10-8(12)5-7(11)6-9(10)13/h5-6H,2-4H2,1H3. The van der Waals surface area contributed by atoms with E-state index in [1.165, 1.54) is 0 Å². The van der Waals surface area contributed by atoms with Crippen molar-refractivity contribution in [2.45, 2.75) is 19.8 Å². The van der Waals surface area contributed by atoms with Gasteiger partial charge in [0.1, 0.15) is 7.85 Å². The van der Waals surface area contributed by atoms with Crippen LogP contribution in [0.2, 0.25) is 0 Å². The van der Waals surface area contributed by atoms with Crippen molar-refractivity contribution in [1.29, 1.82) is 0 Å². The van der Waals surface area contributed by atoms with Crippen LogP contribution in [0.3, 0.4) is 0 Å². The third-order valence-electron chi connectivity index (χ3n) is 1.76. The highest BCUT2D eigenvalue weighted by atomic mass is 19.1. The van der Waals surface area contributed by atoms with Crippen LogP contribution in [0.5, 0.6) is 5.75 Å². The maximum absolute atomic E-state index is 13.1. The van der Waals surface area contributed by atoms with Crippen LogP contribution in [-0.4, -0.2) is 14.5 Å². The van der Waals surface area contributed by atoms with Gasteiger partial charge < -0.3 is 4.74 Å². The molecule has 1 aromatic carbocycles. The van der Waals surface area contributed by atoms with Gasteiger partial charge in [0, 0.05) is 0 Å². The van der Waals surface area contributed by atoms with Gasteiger partial charge in [-0.15, -0.1) is 0 Å². The Morgan fingerprint density at radius 3 is 2.36 bits per heavy atom. The Hall–Kier alpha value is -1.06. The SMILES string of the molecule is [B]c1cc(F)c(OCCCC)c(F)c1. The van der Waals surface area contributed by atoms with Crippen molar-refractivity contribution in [3.8, 4) is 5.75 Å². The van der Waals surface area contributed by atoms with E-state index in [0.29, 0.717) is 6.61 Å². The molecule has 0 aliphatic heterocycles. The minimum Gasteiger partial charge on any atom is -0.488 e. The van der Waals surface area contributed by atoms with Crippen LogP contribution >= 0.6 is 0 Å². The summed E-state index contributed by atoms with van der Waals surface area (Å²) in [5.74, 6) is -1.84. The lowest BCUT2D eigenvalue weighted by atomic mass is 9.96. The van der Waals surface area contributed by atoms with E-state index in [2.05, 4.69) is 0 Å². The summed E-state index contributed by atoms with van der Waals surface area (Å²) in [7, 11) is 5.25. The van der Waals surface area contributed by atoms with Crippen LogP contribution in [0.15, 0.2) is 12.1 Å². The topological polar surface area (TPSA) is 9.23 Å². The average Bonchev–Trinajstić information content (AvgIpc) is 2.09. The molecule has 1 rings (SSSR count). The molecule has 1 nitrogen and oxygen atoms in total. The Bertz CT molecular complexity index is 292. The summed E-state index contributed by atoms with van der Waals surface area (Å²) in [6.07, 6.45) is 1.68. The molecular formula is C10H11BF2O. The molecule has 4 heteroatoms. The van der Waals surface area contributed by atoms with Gasteiger partial charge in [-0.1, -0.05) is 18.8 Å². The highest BCUT2D eigenvalue weighted by Gasteiger charge is 2.10. The highest BCUT2D eigenvalue weighted by Crippen LogP contribution is 2.19. The number of unbranched alkanes of at least 4 members (excludes halogenated alkanes) is 1. The molecule has 0 fully saturated rings. The molecule has 1 aromatic rings. The molecule has 0 unspecified atom stereocenters. The summed E-state index contributed by atoms with van der Waals surface area (Å²) in [6.45, 7) is 2.29. The van der Waals surface area contributed by atoms with Gasteiger partial charge in [-0.05, 0) is 18.6 Å². The van der Waals surface area contributed by atoms with E-state index in [1.54, 1.807) is 0 Å². The molecule has 0 bridgehead atoms. The van der Waals surface area contributed by atoms with E-state index in [4.69, 9.17) is 12.6 Å². The Kier molecular flexibility index (Phi) is 3.92. The Morgan fingerprint density at radius 1 is 1.29 bits per heavy atom. The van der Waals surface area contributed by atoms with E-state index in [1.807, 2.05) is 6.92 Å². The molecule has 74 valence electrons. The smallest absolute Gasteiger partial charge is 0.190 e. The molecule has 0 N–H and O–H groups in total. The third-order valence-corrected chi connectivity index (χ3v) is 1.76. The van der Waals surface area contributed by atoms with Crippen LogP contribution in [0.4, 0.5) is 8.78 Å². The predicted octanol–water partition coefficient (Wildman–Crippen LogP) is 1.94. The molecule has 0 heterocycles. The number of hydrogen-bond acceptors (Lipinski definition) is 1. The lowest BCUT2D eigenvalue weighted by molar-refractivity contribution is 0.279. The van der Waals surface area contributed by atoms with Gasteiger partial charge in [-0.25, -0.2) is 8.78 Å². The number of benzene rings is 1. The molecule has 0 spiro atoms. The van der Waals surface area contributed by atoms with Crippen LogP contribution in [0, 0.1) is 11.6 Å². The normalized spacial score (nSPS) is 10.2. The van der Waals surface area contributed by atoms with Gasteiger partial charge in [0.05, 0.1) is 6.61 Å². The summed E-state index contributed by atoms with van der Waals surface area (Å²) in [6, 6.07) is 2.09. The van der Waals surface area contributed by atoms with Gasteiger partial charge in [0.15, 0.2) is 17.4 Å². The molecular weight excluding hydrogens is 185 g/mol. The van der Waals surface area contributed by atoms with Crippen LogP contribution in [-0.2, 0) is 0 Å². The fourth-order valence-corrected chi connectivity index (χ4v) is 1.04. The second kappa shape index (κ2) is 4.98. The lowest BCUT2D eigenvalue weighted by Crippen LogP contribution is -2.08. The van der Waals surface area contributed by atoms with E-state index < -0.39 is 11.6 Å². The van der Waals surface area contributed by atoms with Gasteiger partial charge in [0.2, 0.25) is 0 Å². The Morgan fingerprint density at radius 2 is 1.86 bits per heavy atom. The zero-order valence-corrected chi connectivity index (χ0v) is 8.02. The van der Waals surface area contributed by atoms with Crippen molar-refractivity contribution in [2.75, 3.05) is 6.61 Å². The van der Waals surface area contributed by atoms with Gasteiger partial charge in [-0.2, -0.15) is 0 Å². The van der Waals surface area contributed by atoms with Gasteiger partial charge in [-0.3, -0.25) is 0 Å². The minimum absolute atomic E-state index is 0.0582. The molecule has 0 amide bonds. The number of rotatable bonds is 4. The zero-order chi connectivity index (χ0) is 10.6.